The van der Waals surface area contributed by atoms with Crippen molar-refractivity contribution in [1.82, 2.24) is 10.6 Å². The molecule has 0 aromatic carbocycles. The largest absolute Gasteiger partial charge is 0.392 e. The lowest BCUT2D eigenvalue weighted by atomic mass is 9.92. The molecule has 1 heterocycles. The minimum absolute atomic E-state index is 0. The number of carbonyl (C=O) groups is 1. The maximum atomic E-state index is 11.6. The molecule has 4 nitrogen and oxygen atoms in total. The van der Waals surface area contributed by atoms with Gasteiger partial charge in [0.2, 0.25) is 5.91 Å². The molecule has 0 saturated carbocycles. The number of amides is 1. The molecular weight excluding hydrogens is 216 g/mol. The highest BCUT2D eigenvalue weighted by molar-refractivity contribution is 5.85. The van der Waals surface area contributed by atoms with E-state index in [1.165, 1.54) is 0 Å². The van der Waals surface area contributed by atoms with Crippen molar-refractivity contribution in [2.24, 2.45) is 5.92 Å². The van der Waals surface area contributed by atoms with Crippen LogP contribution in [0.5, 0.6) is 0 Å². The summed E-state index contributed by atoms with van der Waals surface area (Å²) < 4.78 is 0. The average Bonchev–Trinajstić information content (AvgIpc) is 2.14. The van der Waals surface area contributed by atoms with Crippen molar-refractivity contribution in [2.45, 2.75) is 38.8 Å². The second-order valence-electron chi connectivity index (χ2n) is 4.17. The number of aliphatic hydroxyl groups is 1. The number of nitrogens with one attached hydrogen (secondary N) is 2. The first-order valence-corrected chi connectivity index (χ1v) is 5.28. The molecule has 0 bridgehead atoms. The molecule has 1 rings (SSSR count). The van der Waals surface area contributed by atoms with Gasteiger partial charge < -0.3 is 15.7 Å². The van der Waals surface area contributed by atoms with Crippen molar-refractivity contribution in [2.75, 3.05) is 13.1 Å². The molecule has 3 N–H and O–H groups in total. The predicted octanol–water partition coefficient (Wildman–Crippen LogP) is 0.293. The van der Waals surface area contributed by atoms with Crippen LogP contribution in [-0.2, 0) is 4.79 Å². The van der Waals surface area contributed by atoms with Gasteiger partial charge in [-0.25, -0.2) is 0 Å². The van der Waals surface area contributed by atoms with Gasteiger partial charge in [0.1, 0.15) is 0 Å². The molecule has 15 heavy (non-hydrogen) atoms. The van der Waals surface area contributed by atoms with Crippen LogP contribution in [0.3, 0.4) is 0 Å². The van der Waals surface area contributed by atoms with Crippen molar-refractivity contribution in [3.8, 4) is 0 Å². The molecule has 0 aliphatic carbocycles. The Hall–Kier alpha value is -0.320. The molecule has 0 spiro atoms. The molecule has 3 atom stereocenters. The van der Waals surface area contributed by atoms with Gasteiger partial charge in [-0.1, -0.05) is 0 Å². The molecule has 1 saturated heterocycles. The third-order valence-electron chi connectivity index (χ3n) is 2.57. The molecule has 0 aromatic heterocycles. The summed E-state index contributed by atoms with van der Waals surface area (Å²) in [5, 5.41) is 15.1. The summed E-state index contributed by atoms with van der Waals surface area (Å²) in [7, 11) is 0. The van der Waals surface area contributed by atoms with Crippen molar-refractivity contribution >= 4 is 18.3 Å². The maximum Gasteiger partial charge on any atom is 0.223 e. The fraction of sp³-hybridized carbons (Fsp3) is 0.900. The zero-order chi connectivity index (χ0) is 10.6. The van der Waals surface area contributed by atoms with Gasteiger partial charge >= 0.3 is 0 Å². The molecule has 1 fully saturated rings. The van der Waals surface area contributed by atoms with Crippen LogP contribution < -0.4 is 10.6 Å². The number of piperidine rings is 1. The Morgan fingerprint density at radius 3 is 2.87 bits per heavy atom. The van der Waals surface area contributed by atoms with Gasteiger partial charge in [-0.05, 0) is 33.2 Å². The van der Waals surface area contributed by atoms with Gasteiger partial charge in [0.05, 0.1) is 6.10 Å². The number of carbonyl (C=O) groups excluding carboxylic acids is 1. The topological polar surface area (TPSA) is 61.4 Å². The summed E-state index contributed by atoms with van der Waals surface area (Å²) in [6.45, 7) is 5.03. The molecule has 1 amide bonds. The van der Waals surface area contributed by atoms with Crippen molar-refractivity contribution in [3.63, 3.8) is 0 Å². The molecule has 1 aliphatic heterocycles. The molecule has 5 heteroatoms. The Balaban J connectivity index is 0.00000196. The monoisotopic (exact) mass is 236 g/mol. The highest BCUT2D eigenvalue weighted by Gasteiger charge is 2.24. The van der Waals surface area contributed by atoms with Gasteiger partial charge in [-0.3, -0.25) is 4.79 Å². The van der Waals surface area contributed by atoms with Crippen LogP contribution in [0, 0.1) is 5.92 Å². The first-order chi connectivity index (χ1) is 6.59. The lowest BCUT2D eigenvalue weighted by Gasteiger charge is -2.27. The molecule has 0 radical (unpaired) electrons. The van der Waals surface area contributed by atoms with Crippen molar-refractivity contribution < 1.29 is 9.90 Å². The second kappa shape index (κ2) is 7.04. The summed E-state index contributed by atoms with van der Waals surface area (Å²) >= 11 is 0. The molecule has 1 aliphatic rings. The predicted molar refractivity (Wildman–Crippen MR) is 62.1 cm³/mol. The van der Waals surface area contributed by atoms with Crippen LogP contribution in [0.25, 0.3) is 0 Å². The Kier molecular flexibility index (Phi) is 6.89. The van der Waals surface area contributed by atoms with Crippen LogP contribution in [0.2, 0.25) is 0 Å². The summed E-state index contributed by atoms with van der Waals surface area (Å²) in [6, 6.07) is 0.422. The molecule has 90 valence electrons. The molecule has 0 aromatic rings. The number of hydrogen-bond donors (Lipinski definition) is 3. The summed E-state index contributed by atoms with van der Waals surface area (Å²) in [4.78, 5) is 11.6. The quantitative estimate of drug-likeness (QED) is 0.660. The first kappa shape index (κ1) is 14.7. The minimum atomic E-state index is -0.460. The van der Waals surface area contributed by atoms with Crippen LogP contribution in [0.1, 0.15) is 26.7 Å². The zero-order valence-electron chi connectivity index (χ0n) is 9.32. The summed E-state index contributed by atoms with van der Waals surface area (Å²) in [5.41, 5.74) is 0. The van der Waals surface area contributed by atoms with E-state index in [2.05, 4.69) is 17.6 Å². The third-order valence-corrected chi connectivity index (χ3v) is 2.57. The van der Waals surface area contributed by atoms with E-state index in [1.54, 1.807) is 6.92 Å². The van der Waals surface area contributed by atoms with E-state index in [0.29, 0.717) is 12.6 Å². The fourth-order valence-corrected chi connectivity index (χ4v) is 1.76. The van der Waals surface area contributed by atoms with Crippen molar-refractivity contribution in [3.05, 3.63) is 0 Å². The van der Waals surface area contributed by atoms with Crippen molar-refractivity contribution in [1.29, 1.82) is 0 Å². The second-order valence-corrected chi connectivity index (χ2v) is 4.17. The van der Waals surface area contributed by atoms with Crippen LogP contribution in [0.4, 0.5) is 0 Å². The number of rotatable bonds is 3. The van der Waals surface area contributed by atoms with E-state index in [-0.39, 0.29) is 24.2 Å². The average molecular weight is 237 g/mol. The Morgan fingerprint density at radius 1 is 1.67 bits per heavy atom. The van der Waals surface area contributed by atoms with E-state index in [1.807, 2.05) is 0 Å². The lowest BCUT2D eigenvalue weighted by molar-refractivity contribution is -0.126. The van der Waals surface area contributed by atoms with Gasteiger partial charge in [-0.2, -0.15) is 0 Å². The van der Waals surface area contributed by atoms with E-state index in [9.17, 15) is 4.79 Å². The van der Waals surface area contributed by atoms with Gasteiger partial charge in [0.15, 0.2) is 0 Å². The van der Waals surface area contributed by atoms with Gasteiger partial charge in [-0.15, -0.1) is 12.4 Å². The Labute approximate surface area is 97.2 Å². The highest BCUT2D eigenvalue weighted by Crippen LogP contribution is 2.15. The van der Waals surface area contributed by atoms with Crippen LogP contribution >= 0.6 is 12.4 Å². The fourth-order valence-electron chi connectivity index (χ4n) is 1.76. The molecule has 0 unspecified atom stereocenters. The number of hydrogen-bond acceptors (Lipinski definition) is 3. The third kappa shape index (κ3) is 5.35. The standard InChI is InChI=1S/C10H20N2O2.ClH/c1-7-5-9(3-4-11-7)10(14)12-6-8(2)13;/h7-9,11,13H,3-6H2,1-2H3,(H,12,14);1H/t7-,8-,9-;/m0./s1. The summed E-state index contributed by atoms with van der Waals surface area (Å²) in [5.74, 6) is 0.198. The zero-order valence-corrected chi connectivity index (χ0v) is 10.1. The van der Waals surface area contributed by atoms with Gasteiger partial charge in [0, 0.05) is 18.5 Å². The van der Waals surface area contributed by atoms with Crippen LogP contribution in [0.15, 0.2) is 0 Å². The first-order valence-electron chi connectivity index (χ1n) is 5.28. The van der Waals surface area contributed by atoms with E-state index in [4.69, 9.17) is 5.11 Å². The van der Waals surface area contributed by atoms with E-state index >= 15 is 0 Å². The highest BCUT2D eigenvalue weighted by atomic mass is 35.5. The minimum Gasteiger partial charge on any atom is -0.392 e. The van der Waals surface area contributed by atoms with Gasteiger partial charge in [0.25, 0.3) is 0 Å². The van der Waals surface area contributed by atoms with E-state index < -0.39 is 6.10 Å². The Bertz CT molecular complexity index is 200. The normalized spacial score (nSPS) is 27.7. The van der Waals surface area contributed by atoms with E-state index in [0.717, 1.165) is 19.4 Å². The molecular formula is C10H21ClN2O2. The van der Waals surface area contributed by atoms with Crippen LogP contribution in [-0.4, -0.2) is 36.2 Å². The maximum absolute atomic E-state index is 11.6. The Morgan fingerprint density at radius 2 is 2.33 bits per heavy atom. The number of halogens is 1. The summed E-state index contributed by atoms with van der Waals surface area (Å²) in [6.07, 6.45) is 1.33. The SMILES string of the molecule is C[C@H](O)CNC(=O)[C@H]1CCN[C@@H](C)C1.Cl. The lowest BCUT2D eigenvalue weighted by Crippen LogP contribution is -2.43. The number of aliphatic hydroxyl groups excluding tert-OH is 1. The smallest absolute Gasteiger partial charge is 0.223 e.